The van der Waals surface area contributed by atoms with Crippen LogP contribution in [0.4, 0.5) is 5.69 Å². The van der Waals surface area contributed by atoms with Crippen LogP contribution in [0.15, 0.2) is 65.6 Å². The number of nitrogens with one attached hydrogen (secondary N) is 1. The molecule has 0 aliphatic carbocycles. The highest BCUT2D eigenvalue weighted by Crippen LogP contribution is 2.32. The zero-order valence-electron chi connectivity index (χ0n) is 16.8. The highest BCUT2D eigenvalue weighted by molar-refractivity contribution is 7.92. The summed E-state index contributed by atoms with van der Waals surface area (Å²) in [5, 5.41) is 2.15. The minimum Gasteiger partial charge on any atom is -0.496 e. The van der Waals surface area contributed by atoms with E-state index in [9.17, 15) is 8.42 Å². The number of rotatable bonds is 6. The quantitative estimate of drug-likeness (QED) is 0.478. The average Bonchev–Trinajstić information content (AvgIpc) is 3.06. The second-order valence-corrected chi connectivity index (χ2v) is 8.61. The van der Waals surface area contributed by atoms with Crippen LogP contribution in [-0.2, 0) is 23.0 Å². The number of hydrogen-bond acceptors (Lipinski definition) is 3. The molecule has 0 amide bonds. The van der Waals surface area contributed by atoms with Gasteiger partial charge >= 0.3 is 0 Å². The number of nitrogens with zero attached hydrogens (tertiary/aromatic N) is 1. The van der Waals surface area contributed by atoms with E-state index < -0.39 is 10.0 Å². The van der Waals surface area contributed by atoms with Crippen LogP contribution in [-0.4, -0.2) is 20.1 Å². The zero-order valence-corrected chi connectivity index (χ0v) is 17.6. The molecule has 1 N–H and O–H groups in total. The third-order valence-electron chi connectivity index (χ3n) is 5.28. The Morgan fingerprint density at radius 3 is 2.41 bits per heavy atom. The van der Waals surface area contributed by atoms with Gasteiger partial charge in [0.25, 0.3) is 10.0 Å². The van der Waals surface area contributed by atoms with Crippen LogP contribution < -0.4 is 9.46 Å². The molecule has 4 aromatic rings. The number of hydrogen-bond donors (Lipinski definition) is 1. The summed E-state index contributed by atoms with van der Waals surface area (Å²) in [6, 6.07) is 18.8. The molecule has 0 spiro atoms. The lowest BCUT2D eigenvalue weighted by Gasteiger charge is -2.12. The van der Waals surface area contributed by atoms with Gasteiger partial charge in [0.1, 0.15) is 5.75 Å². The number of aromatic nitrogens is 1. The van der Waals surface area contributed by atoms with Crippen molar-refractivity contribution in [3.05, 3.63) is 66.2 Å². The van der Waals surface area contributed by atoms with E-state index in [1.165, 1.54) is 0 Å². The second-order valence-electron chi connectivity index (χ2n) is 6.93. The van der Waals surface area contributed by atoms with Gasteiger partial charge in [0.2, 0.25) is 0 Å². The van der Waals surface area contributed by atoms with Crippen molar-refractivity contribution in [1.29, 1.82) is 0 Å². The summed E-state index contributed by atoms with van der Waals surface area (Å²) in [6.45, 7) is 4.93. The van der Waals surface area contributed by atoms with Crippen LogP contribution in [0.1, 0.15) is 19.4 Å². The minimum atomic E-state index is -3.70. The van der Waals surface area contributed by atoms with Crippen LogP contribution in [0.25, 0.3) is 21.8 Å². The van der Waals surface area contributed by atoms with Crippen LogP contribution in [0, 0.1) is 0 Å². The van der Waals surface area contributed by atoms with Crippen LogP contribution in [0.3, 0.4) is 0 Å². The lowest BCUT2D eigenvalue weighted by atomic mass is 10.1. The minimum absolute atomic E-state index is 0.228. The van der Waals surface area contributed by atoms with Crippen molar-refractivity contribution in [2.45, 2.75) is 31.7 Å². The monoisotopic (exact) mass is 408 g/mol. The van der Waals surface area contributed by atoms with Gasteiger partial charge in [-0.1, -0.05) is 25.1 Å². The van der Waals surface area contributed by atoms with Crippen molar-refractivity contribution >= 4 is 37.5 Å². The molecule has 0 saturated carbocycles. The van der Waals surface area contributed by atoms with Crippen molar-refractivity contribution in [2.75, 3.05) is 11.8 Å². The Balaban J connectivity index is 1.77. The van der Waals surface area contributed by atoms with Gasteiger partial charge in [-0.3, -0.25) is 4.72 Å². The molecule has 29 heavy (non-hydrogen) atoms. The molecule has 0 saturated heterocycles. The molecule has 0 fully saturated rings. The smallest absolute Gasteiger partial charge is 0.261 e. The number of methoxy groups -OCH3 is 1. The van der Waals surface area contributed by atoms with Crippen molar-refractivity contribution in [1.82, 2.24) is 4.57 Å². The van der Waals surface area contributed by atoms with Gasteiger partial charge in [-0.2, -0.15) is 0 Å². The SMILES string of the molecule is CCc1cc(S(=O)(=O)Nc2ccc3c(c2)c2ccccc2n3CC)ccc1OC. The predicted molar refractivity (Wildman–Crippen MR) is 118 cm³/mol. The first-order valence-corrected chi connectivity index (χ1v) is 11.2. The average molecular weight is 409 g/mol. The molecular formula is C23H24N2O3S. The fourth-order valence-electron chi connectivity index (χ4n) is 3.87. The first kappa shape index (κ1) is 19.3. The Morgan fingerprint density at radius 1 is 0.931 bits per heavy atom. The molecule has 0 atom stereocenters. The van der Waals surface area contributed by atoms with E-state index in [0.29, 0.717) is 17.9 Å². The summed E-state index contributed by atoms with van der Waals surface area (Å²) < 4.78 is 36.2. The second kappa shape index (κ2) is 7.44. The molecule has 0 aliphatic heterocycles. The van der Waals surface area contributed by atoms with Gasteiger partial charge in [0.05, 0.1) is 12.0 Å². The fraction of sp³-hybridized carbons (Fsp3) is 0.217. The first-order chi connectivity index (χ1) is 14.0. The van der Waals surface area contributed by atoms with Crippen molar-refractivity contribution in [3.8, 4) is 5.75 Å². The maximum Gasteiger partial charge on any atom is 0.261 e. The van der Waals surface area contributed by atoms with E-state index in [2.05, 4.69) is 28.3 Å². The van der Waals surface area contributed by atoms with Crippen LogP contribution in [0.5, 0.6) is 5.75 Å². The standard InChI is InChI=1S/C23H24N2O3S/c1-4-16-14-18(11-13-23(16)28-3)29(26,27)24-17-10-12-22-20(15-17)19-8-6-7-9-21(19)25(22)5-2/h6-15,24H,4-5H2,1-3H3. The Morgan fingerprint density at radius 2 is 1.69 bits per heavy atom. The summed E-state index contributed by atoms with van der Waals surface area (Å²) in [5.74, 6) is 0.695. The Bertz CT molecular complexity index is 1310. The van der Waals surface area contributed by atoms with E-state index >= 15 is 0 Å². The number of sulfonamides is 1. The molecule has 0 aliphatic rings. The molecule has 1 heterocycles. The number of benzene rings is 3. The van der Waals surface area contributed by atoms with Crippen molar-refractivity contribution in [3.63, 3.8) is 0 Å². The molecular weight excluding hydrogens is 384 g/mol. The highest BCUT2D eigenvalue weighted by Gasteiger charge is 2.17. The molecule has 6 heteroatoms. The molecule has 3 aromatic carbocycles. The summed E-state index contributed by atoms with van der Waals surface area (Å²) in [4.78, 5) is 0.228. The molecule has 4 rings (SSSR count). The lowest BCUT2D eigenvalue weighted by Crippen LogP contribution is -2.13. The third-order valence-corrected chi connectivity index (χ3v) is 6.66. The maximum absolute atomic E-state index is 13.0. The molecule has 5 nitrogen and oxygen atoms in total. The van der Waals surface area contributed by atoms with Gasteiger partial charge in [-0.25, -0.2) is 8.42 Å². The van der Waals surface area contributed by atoms with Gasteiger partial charge in [-0.15, -0.1) is 0 Å². The Labute approximate surface area is 171 Å². The number of para-hydroxylation sites is 1. The van der Waals surface area contributed by atoms with Gasteiger partial charge in [0.15, 0.2) is 0 Å². The van der Waals surface area contributed by atoms with Crippen molar-refractivity contribution in [2.24, 2.45) is 0 Å². The normalized spacial score (nSPS) is 11.8. The van der Waals surface area contributed by atoms with Crippen LogP contribution in [0.2, 0.25) is 0 Å². The largest absolute Gasteiger partial charge is 0.496 e. The third kappa shape index (κ3) is 3.34. The Hall–Kier alpha value is -2.99. The summed E-state index contributed by atoms with van der Waals surface area (Å²) >= 11 is 0. The van der Waals surface area contributed by atoms with E-state index in [-0.39, 0.29) is 4.90 Å². The first-order valence-electron chi connectivity index (χ1n) is 9.69. The van der Waals surface area contributed by atoms with E-state index in [1.807, 2.05) is 37.3 Å². The van der Waals surface area contributed by atoms with E-state index in [4.69, 9.17) is 4.74 Å². The zero-order chi connectivity index (χ0) is 20.6. The molecule has 1 aromatic heterocycles. The Kier molecular flexibility index (Phi) is 4.96. The fourth-order valence-corrected chi connectivity index (χ4v) is 4.97. The van der Waals surface area contributed by atoms with E-state index in [0.717, 1.165) is 33.9 Å². The van der Waals surface area contributed by atoms with Gasteiger partial charge in [-0.05, 0) is 61.4 Å². The summed E-state index contributed by atoms with van der Waals surface area (Å²) in [7, 11) is -2.12. The number of anilines is 1. The summed E-state index contributed by atoms with van der Waals surface area (Å²) in [5.41, 5.74) is 3.64. The summed E-state index contributed by atoms with van der Waals surface area (Å²) in [6.07, 6.45) is 0.689. The molecule has 0 bridgehead atoms. The lowest BCUT2D eigenvalue weighted by molar-refractivity contribution is 0.409. The van der Waals surface area contributed by atoms with Crippen LogP contribution >= 0.6 is 0 Å². The topological polar surface area (TPSA) is 60.3 Å². The van der Waals surface area contributed by atoms with Crippen molar-refractivity contribution < 1.29 is 13.2 Å². The number of aryl methyl sites for hydroxylation is 2. The number of fused-ring (bicyclic) bond motifs is 3. The maximum atomic E-state index is 13.0. The molecule has 0 unspecified atom stereocenters. The van der Waals surface area contributed by atoms with Gasteiger partial charge < -0.3 is 9.30 Å². The highest BCUT2D eigenvalue weighted by atomic mass is 32.2. The number of ether oxygens (including phenoxy) is 1. The predicted octanol–water partition coefficient (Wildman–Crippen LogP) is 5.19. The van der Waals surface area contributed by atoms with E-state index in [1.54, 1.807) is 25.3 Å². The molecule has 0 radical (unpaired) electrons. The molecule has 150 valence electrons. The van der Waals surface area contributed by atoms with Gasteiger partial charge in [0, 0.05) is 34.0 Å².